The van der Waals surface area contributed by atoms with Crippen molar-refractivity contribution >= 4 is 19.5 Å². The molecule has 1 saturated heterocycles. The second-order valence-electron chi connectivity index (χ2n) is 5.92. The number of rotatable bonds is 4. The summed E-state index contributed by atoms with van der Waals surface area (Å²) in [7, 11) is 1.05. The van der Waals surface area contributed by atoms with Gasteiger partial charge in [-0.2, -0.15) is 0 Å². The Balaban J connectivity index is 2.22. The zero-order valence-corrected chi connectivity index (χ0v) is 13.0. The Bertz CT molecular complexity index is 553. The number of ether oxygens (including phenoxy) is 1. The van der Waals surface area contributed by atoms with Crippen LogP contribution in [0.2, 0.25) is 0 Å². The SMILES string of the molecule is COc1c(C=O)ccnc1/C=C/B1OC(C)(C)C(C)(C)O1. The van der Waals surface area contributed by atoms with Gasteiger partial charge in [-0.1, -0.05) is 5.98 Å². The number of aldehydes is 1. The minimum Gasteiger partial charge on any atom is -0.494 e. The highest BCUT2D eigenvalue weighted by Gasteiger charge is 2.50. The normalized spacial score (nSPS) is 20.0. The van der Waals surface area contributed by atoms with E-state index < -0.39 is 7.12 Å². The summed E-state index contributed by atoms with van der Waals surface area (Å²) in [5, 5.41) is 0. The molecule has 5 nitrogen and oxygen atoms in total. The number of pyridine rings is 1. The fourth-order valence-corrected chi connectivity index (χ4v) is 2.05. The first kappa shape index (κ1) is 15.7. The van der Waals surface area contributed by atoms with Crippen molar-refractivity contribution in [3.8, 4) is 5.75 Å². The van der Waals surface area contributed by atoms with Crippen LogP contribution in [0.5, 0.6) is 5.75 Å². The lowest BCUT2D eigenvalue weighted by Crippen LogP contribution is -2.41. The van der Waals surface area contributed by atoms with Crippen LogP contribution < -0.4 is 4.74 Å². The highest BCUT2D eigenvalue weighted by molar-refractivity contribution is 6.52. The number of carbonyl (C=O) groups is 1. The molecule has 112 valence electrons. The maximum Gasteiger partial charge on any atom is 0.487 e. The van der Waals surface area contributed by atoms with Crippen molar-refractivity contribution in [2.24, 2.45) is 0 Å². The van der Waals surface area contributed by atoms with E-state index in [1.54, 1.807) is 24.3 Å². The van der Waals surface area contributed by atoms with Crippen LogP contribution in [0.15, 0.2) is 18.2 Å². The molecule has 1 aromatic heterocycles. The third kappa shape index (κ3) is 3.01. The van der Waals surface area contributed by atoms with Crippen LogP contribution in [-0.4, -0.2) is 36.7 Å². The molecule has 0 unspecified atom stereocenters. The number of carbonyl (C=O) groups excluding carboxylic acids is 1. The third-order valence-electron chi connectivity index (χ3n) is 3.98. The minimum absolute atomic E-state index is 0.385. The molecule has 2 heterocycles. The summed E-state index contributed by atoms with van der Waals surface area (Å²) in [6.45, 7) is 7.97. The summed E-state index contributed by atoms with van der Waals surface area (Å²) >= 11 is 0. The molecule has 1 fully saturated rings. The van der Waals surface area contributed by atoms with Gasteiger partial charge in [-0.25, -0.2) is 0 Å². The van der Waals surface area contributed by atoms with Gasteiger partial charge >= 0.3 is 7.12 Å². The highest BCUT2D eigenvalue weighted by Crippen LogP contribution is 2.37. The van der Waals surface area contributed by atoms with E-state index in [2.05, 4.69) is 4.98 Å². The molecule has 0 aliphatic carbocycles. The molecule has 0 amide bonds. The topological polar surface area (TPSA) is 57.7 Å². The minimum atomic E-state index is -0.457. The number of hydrogen-bond donors (Lipinski definition) is 0. The summed E-state index contributed by atoms with van der Waals surface area (Å²) in [6.07, 6.45) is 4.05. The standard InChI is InChI=1S/C15H20BNO4/c1-14(2)15(3,4)21-16(20-14)8-6-12-13(19-5)11(10-18)7-9-17-12/h6-10H,1-5H3/b8-6+. The summed E-state index contributed by atoms with van der Waals surface area (Å²) in [5.74, 6) is 2.22. The molecule has 0 atom stereocenters. The highest BCUT2D eigenvalue weighted by atomic mass is 16.7. The van der Waals surface area contributed by atoms with Crippen LogP contribution in [0.25, 0.3) is 6.08 Å². The van der Waals surface area contributed by atoms with Crippen molar-refractivity contribution in [2.45, 2.75) is 38.9 Å². The molecular weight excluding hydrogens is 269 g/mol. The van der Waals surface area contributed by atoms with Crippen LogP contribution in [-0.2, 0) is 9.31 Å². The van der Waals surface area contributed by atoms with E-state index in [9.17, 15) is 4.79 Å². The average Bonchev–Trinajstić information content (AvgIpc) is 2.63. The first-order chi connectivity index (χ1) is 9.80. The first-order valence-corrected chi connectivity index (χ1v) is 6.83. The van der Waals surface area contributed by atoms with Crippen LogP contribution in [0.3, 0.4) is 0 Å². The maximum absolute atomic E-state index is 11.0. The lowest BCUT2D eigenvalue weighted by atomic mass is 9.89. The molecule has 2 rings (SSSR count). The molecule has 0 aromatic carbocycles. The number of nitrogens with zero attached hydrogens (tertiary/aromatic N) is 1. The quantitative estimate of drug-likeness (QED) is 0.629. The molecule has 0 N–H and O–H groups in total. The van der Waals surface area contributed by atoms with E-state index in [4.69, 9.17) is 14.0 Å². The van der Waals surface area contributed by atoms with Crippen molar-refractivity contribution in [1.82, 2.24) is 4.98 Å². The lowest BCUT2D eigenvalue weighted by Gasteiger charge is -2.32. The van der Waals surface area contributed by atoms with Crippen LogP contribution >= 0.6 is 0 Å². The number of methoxy groups -OCH3 is 1. The van der Waals surface area contributed by atoms with Crippen molar-refractivity contribution in [3.05, 3.63) is 29.5 Å². The molecule has 0 radical (unpaired) electrons. The molecule has 1 aliphatic rings. The van der Waals surface area contributed by atoms with Crippen molar-refractivity contribution in [3.63, 3.8) is 0 Å². The van der Waals surface area contributed by atoms with E-state index >= 15 is 0 Å². The Morgan fingerprint density at radius 2 is 1.86 bits per heavy atom. The largest absolute Gasteiger partial charge is 0.494 e. The van der Waals surface area contributed by atoms with E-state index in [-0.39, 0.29) is 11.2 Å². The van der Waals surface area contributed by atoms with Gasteiger partial charge < -0.3 is 14.0 Å². The predicted molar refractivity (Wildman–Crippen MR) is 81.3 cm³/mol. The van der Waals surface area contributed by atoms with Gasteiger partial charge in [-0.15, -0.1) is 0 Å². The van der Waals surface area contributed by atoms with Gasteiger partial charge in [-0.05, 0) is 39.8 Å². The maximum atomic E-state index is 11.0. The third-order valence-corrected chi connectivity index (χ3v) is 3.98. The average molecular weight is 289 g/mol. The molecule has 1 aromatic rings. The smallest absolute Gasteiger partial charge is 0.487 e. The molecule has 21 heavy (non-hydrogen) atoms. The van der Waals surface area contributed by atoms with E-state index in [1.807, 2.05) is 27.7 Å². The van der Waals surface area contributed by atoms with E-state index in [1.165, 1.54) is 7.11 Å². The van der Waals surface area contributed by atoms with Gasteiger partial charge in [-0.3, -0.25) is 9.78 Å². The Hall–Kier alpha value is -1.66. The Morgan fingerprint density at radius 1 is 1.24 bits per heavy atom. The second kappa shape index (κ2) is 5.62. The van der Waals surface area contributed by atoms with Crippen molar-refractivity contribution < 1.29 is 18.8 Å². The van der Waals surface area contributed by atoms with Gasteiger partial charge in [0.25, 0.3) is 0 Å². The summed E-state index contributed by atoms with van der Waals surface area (Å²) in [4.78, 5) is 15.2. The number of aromatic nitrogens is 1. The van der Waals surface area contributed by atoms with Gasteiger partial charge in [0.2, 0.25) is 0 Å². The summed E-state index contributed by atoms with van der Waals surface area (Å²) in [6, 6.07) is 1.61. The van der Waals surface area contributed by atoms with Gasteiger partial charge in [0.05, 0.1) is 23.9 Å². The first-order valence-electron chi connectivity index (χ1n) is 6.83. The Kier molecular flexibility index (Phi) is 4.21. The predicted octanol–water partition coefficient (Wildman–Crippen LogP) is 2.55. The van der Waals surface area contributed by atoms with Crippen LogP contribution in [0.4, 0.5) is 0 Å². The van der Waals surface area contributed by atoms with E-state index in [0.717, 1.165) is 6.29 Å². The molecule has 6 heteroatoms. The molecule has 0 spiro atoms. The zero-order valence-electron chi connectivity index (χ0n) is 13.0. The van der Waals surface area contributed by atoms with Crippen LogP contribution in [0, 0.1) is 0 Å². The monoisotopic (exact) mass is 289 g/mol. The molecule has 1 aliphatic heterocycles. The van der Waals surface area contributed by atoms with Crippen LogP contribution in [0.1, 0.15) is 43.7 Å². The summed E-state index contributed by atoms with van der Waals surface area (Å²) < 4.78 is 17.0. The summed E-state index contributed by atoms with van der Waals surface area (Å²) in [5.41, 5.74) is 0.256. The molecule has 0 bridgehead atoms. The van der Waals surface area contributed by atoms with Crippen molar-refractivity contribution in [2.75, 3.05) is 7.11 Å². The van der Waals surface area contributed by atoms with E-state index in [0.29, 0.717) is 17.0 Å². The van der Waals surface area contributed by atoms with Crippen molar-refractivity contribution in [1.29, 1.82) is 0 Å². The lowest BCUT2D eigenvalue weighted by molar-refractivity contribution is 0.00578. The molecule has 0 saturated carbocycles. The Morgan fingerprint density at radius 3 is 2.38 bits per heavy atom. The number of hydrogen-bond acceptors (Lipinski definition) is 5. The zero-order chi connectivity index (χ0) is 15.7. The Labute approximate surface area is 125 Å². The molecular formula is C15H20BNO4. The fraction of sp³-hybridized carbons (Fsp3) is 0.467. The van der Waals surface area contributed by atoms with Gasteiger partial charge in [0.1, 0.15) is 5.69 Å². The van der Waals surface area contributed by atoms with Gasteiger partial charge in [0, 0.05) is 6.20 Å². The second-order valence-corrected chi connectivity index (χ2v) is 5.92. The fourth-order valence-electron chi connectivity index (χ4n) is 2.05. The van der Waals surface area contributed by atoms with Gasteiger partial charge in [0.15, 0.2) is 12.0 Å².